The molecule has 2 rings (SSSR count). The monoisotopic (exact) mass is 492 g/mol. The van der Waals surface area contributed by atoms with Gasteiger partial charge in [-0.15, -0.1) is 0 Å². The summed E-state index contributed by atoms with van der Waals surface area (Å²) in [7, 11) is -3.96. The van der Waals surface area contributed by atoms with Crippen molar-refractivity contribution in [3.63, 3.8) is 0 Å². The number of ketones is 1. The summed E-state index contributed by atoms with van der Waals surface area (Å²) in [5, 5.41) is 0. The third kappa shape index (κ3) is 11.4. The molecule has 0 aliphatic rings. The van der Waals surface area contributed by atoms with Gasteiger partial charge in [-0.25, -0.2) is 8.42 Å². The van der Waals surface area contributed by atoms with E-state index in [0.717, 1.165) is 4.31 Å². The number of benzene rings is 2. The Morgan fingerprint density at radius 2 is 1.48 bits per heavy atom. The first kappa shape index (κ1) is 27.6. The van der Waals surface area contributed by atoms with Crippen LogP contribution in [0.1, 0.15) is 27.7 Å². The van der Waals surface area contributed by atoms with Gasteiger partial charge in [0.05, 0.1) is 6.54 Å². The number of esters is 1. The Bertz CT molecular complexity index is 823. The van der Waals surface area contributed by atoms with Gasteiger partial charge in [-0.2, -0.15) is 71.0 Å². The van der Waals surface area contributed by atoms with Crippen molar-refractivity contribution >= 4 is 21.8 Å². The average molecular weight is 492 g/mol. The minimum atomic E-state index is -3.96. The summed E-state index contributed by atoms with van der Waals surface area (Å²) < 4.78 is 31.0. The minimum absolute atomic E-state index is 0. The van der Waals surface area contributed by atoms with E-state index < -0.39 is 28.1 Å². The molecule has 0 unspecified atom stereocenters. The predicted molar refractivity (Wildman–Crippen MR) is 106 cm³/mol. The molecule has 0 aliphatic heterocycles. The van der Waals surface area contributed by atoms with E-state index in [-0.39, 0.29) is 49.9 Å². The van der Waals surface area contributed by atoms with E-state index in [1.165, 1.54) is 31.2 Å². The fraction of sp³-hybridized carbons (Fsp3) is 0.333. The van der Waals surface area contributed by atoms with Crippen LogP contribution in [0.2, 0.25) is 0 Å². The number of nitrogens with zero attached hydrogens (tertiary/aromatic N) is 1. The largest absolute Gasteiger partial charge is 0.459 e. The number of carbonyl (C=O) groups is 2. The Morgan fingerprint density at radius 3 is 1.86 bits per heavy atom. The smallest absolute Gasteiger partial charge is 0.321 e. The molecule has 0 heterocycles. The third-order valence-electron chi connectivity index (χ3n) is 3.06. The van der Waals surface area contributed by atoms with E-state index in [1.54, 1.807) is 20.8 Å². The molecule has 2 aromatic rings. The van der Waals surface area contributed by atoms with Gasteiger partial charge in [-0.1, -0.05) is 0 Å². The van der Waals surface area contributed by atoms with Gasteiger partial charge in [0.25, 0.3) is 0 Å². The second kappa shape index (κ2) is 13.0. The molecule has 155 valence electrons. The van der Waals surface area contributed by atoms with Crippen LogP contribution in [0.3, 0.4) is 0 Å². The zero-order valence-corrected chi connectivity index (χ0v) is 20.7. The summed E-state index contributed by atoms with van der Waals surface area (Å²) in [6.45, 7) is 5.40. The number of Topliss-reactive ketones (excluding diaryl/α,β-unsaturated/α-hetero) is 1. The van der Waals surface area contributed by atoms with Crippen LogP contribution in [0.4, 0.5) is 0 Å². The molecule has 0 amide bonds. The van der Waals surface area contributed by atoms with Gasteiger partial charge in [-0.05, 0) is 32.6 Å². The molecule has 0 spiro atoms. The minimum Gasteiger partial charge on any atom is -0.459 e. The molecule has 0 atom stereocenters. The maximum Gasteiger partial charge on any atom is 0.321 e. The zero-order chi connectivity index (χ0) is 21.2. The van der Waals surface area contributed by atoms with Gasteiger partial charge in [0.2, 0.25) is 10.0 Å². The van der Waals surface area contributed by atoms with Crippen molar-refractivity contribution in [1.29, 1.82) is 0 Å². The van der Waals surface area contributed by atoms with Crippen molar-refractivity contribution in [2.45, 2.75) is 38.2 Å². The molecule has 0 aromatic heterocycles. The summed E-state index contributed by atoms with van der Waals surface area (Å²) in [5.74, 6) is -1.07. The molecule has 0 aliphatic carbocycles. The van der Waals surface area contributed by atoms with E-state index in [0.29, 0.717) is 0 Å². The molecule has 6 nitrogen and oxygen atoms in total. The van der Waals surface area contributed by atoms with Crippen LogP contribution in [-0.4, -0.2) is 43.2 Å². The second-order valence-electron chi connectivity index (χ2n) is 6.87. The first-order valence-electron chi connectivity index (χ1n) is 8.61. The quantitative estimate of drug-likeness (QED) is 0.458. The number of hydrogen-bond donors (Lipinski definition) is 0. The maximum absolute atomic E-state index is 12.5. The molecule has 1 radical (unpaired) electrons. The van der Waals surface area contributed by atoms with Gasteiger partial charge < -0.3 is 4.74 Å². The molecule has 0 saturated carbocycles. The van der Waals surface area contributed by atoms with E-state index in [9.17, 15) is 18.0 Å². The average Bonchev–Trinajstić information content (AvgIpc) is 2.62. The van der Waals surface area contributed by atoms with Crippen molar-refractivity contribution in [3.05, 3.63) is 66.7 Å². The Labute approximate surface area is 198 Å². The molecule has 0 bridgehead atoms. The van der Waals surface area contributed by atoms with E-state index in [2.05, 4.69) is 12.1 Å². The van der Waals surface area contributed by atoms with Gasteiger partial charge in [0.15, 0.2) is 0 Å². The Balaban J connectivity index is 0.000000953. The van der Waals surface area contributed by atoms with Crippen molar-refractivity contribution < 1.29 is 55.5 Å². The summed E-state index contributed by atoms with van der Waals surface area (Å²) in [5.41, 5.74) is -0.732. The van der Waals surface area contributed by atoms with Crippen molar-refractivity contribution in [1.82, 2.24) is 4.31 Å². The zero-order valence-electron chi connectivity index (χ0n) is 17.1. The van der Waals surface area contributed by atoms with Crippen molar-refractivity contribution in [2.75, 3.05) is 13.1 Å². The van der Waals surface area contributed by atoms with Gasteiger partial charge in [0.1, 0.15) is 17.9 Å². The Kier molecular flexibility index (Phi) is 12.4. The summed E-state index contributed by atoms with van der Waals surface area (Å²) in [6, 6.07) is 20.8. The van der Waals surface area contributed by atoms with Gasteiger partial charge >= 0.3 is 5.97 Å². The normalized spacial score (nSPS) is 10.9. The van der Waals surface area contributed by atoms with Crippen LogP contribution >= 0.6 is 0 Å². The summed E-state index contributed by atoms with van der Waals surface area (Å²) in [4.78, 5) is 23.2. The second-order valence-corrected chi connectivity index (χ2v) is 8.81. The van der Waals surface area contributed by atoms with Gasteiger partial charge in [-0.3, -0.25) is 9.59 Å². The van der Waals surface area contributed by atoms with Gasteiger partial charge in [0, 0.05) is 32.7 Å². The van der Waals surface area contributed by atoms with Crippen LogP contribution in [0, 0.1) is 12.1 Å². The summed E-state index contributed by atoms with van der Waals surface area (Å²) >= 11 is 0. The number of sulfonamides is 1. The topological polar surface area (TPSA) is 80.8 Å². The van der Waals surface area contributed by atoms with E-state index >= 15 is 0 Å². The number of hydrogen-bond acceptors (Lipinski definition) is 5. The van der Waals surface area contributed by atoms with Crippen LogP contribution < -0.4 is 0 Å². The first-order chi connectivity index (χ1) is 13.0. The van der Waals surface area contributed by atoms with E-state index in [1.807, 2.05) is 30.3 Å². The molecule has 8 heteroatoms. The SMILES string of the molecule is CC(=O)CN(CC(=O)OC(C)(C)C)S(=O)(=O)c1cc[c-]cc1.[Y].[c-]1ccccc1. The van der Waals surface area contributed by atoms with Crippen LogP contribution in [0.15, 0.2) is 59.5 Å². The molecule has 29 heavy (non-hydrogen) atoms. The first-order valence-corrected chi connectivity index (χ1v) is 10.0. The predicted octanol–water partition coefficient (Wildman–Crippen LogP) is 2.89. The summed E-state index contributed by atoms with van der Waals surface area (Å²) in [6.07, 6.45) is 0. The number of rotatable bonds is 6. The van der Waals surface area contributed by atoms with Crippen molar-refractivity contribution in [3.8, 4) is 0 Å². The van der Waals surface area contributed by atoms with Crippen LogP contribution in [0.5, 0.6) is 0 Å². The number of ether oxygens (including phenoxy) is 1. The van der Waals surface area contributed by atoms with Crippen molar-refractivity contribution in [2.24, 2.45) is 0 Å². The molecular weight excluding hydrogens is 467 g/mol. The fourth-order valence-corrected chi connectivity index (χ4v) is 3.43. The molecule has 0 saturated heterocycles. The van der Waals surface area contributed by atoms with Crippen LogP contribution in [0.25, 0.3) is 0 Å². The maximum atomic E-state index is 12.5. The number of carbonyl (C=O) groups excluding carboxylic acids is 2. The molecule has 0 N–H and O–H groups in total. The Morgan fingerprint density at radius 1 is 0.966 bits per heavy atom. The third-order valence-corrected chi connectivity index (χ3v) is 4.86. The van der Waals surface area contributed by atoms with Crippen LogP contribution in [-0.2, 0) is 57.1 Å². The van der Waals surface area contributed by atoms with E-state index in [4.69, 9.17) is 4.74 Å². The fourth-order valence-electron chi connectivity index (χ4n) is 2.03. The Hall–Kier alpha value is -1.41. The molecule has 2 aromatic carbocycles. The molecule has 0 fully saturated rings. The standard InChI is InChI=1S/C15H20NO5S.C6H5.Y/c1-12(17)10-16(11-14(18)21-15(2,3)4)22(19,20)13-8-6-5-7-9-13;1-2-4-6-5-3-1;/h6-9H,10-11H2,1-4H3;1-5H;/q2*-1;. The molecular formula is C21H25NO5SY-2.